The van der Waals surface area contributed by atoms with Crippen LogP contribution in [0.4, 0.5) is 0 Å². The summed E-state index contributed by atoms with van der Waals surface area (Å²) in [5, 5.41) is 32.4. The molecule has 0 aromatic rings. The van der Waals surface area contributed by atoms with Crippen molar-refractivity contribution in [2.45, 2.75) is 92.0 Å². The molecule has 0 aromatic heterocycles. The van der Waals surface area contributed by atoms with Gasteiger partial charge in [-0.3, -0.25) is 0 Å². The third-order valence-corrected chi connectivity index (χ3v) is 10.2. The second kappa shape index (κ2) is 7.85. The van der Waals surface area contributed by atoms with Crippen LogP contribution >= 0.6 is 0 Å². The van der Waals surface area contributed by atoms with Gasteiger partial charge in [0.2, 0.25) is 0 Å². The van der Waals surface area contributed by atoms with E-state index in [2.05, 4.69) is 58.9 Å². The van der Waals surface area contributed by atoms with Crippen LogP contribution in [0.15, 0.2) is 35.5 Å². The summed E-state index contributed by atoms with van der Waals surface area (Å²) < 4.78 is 0. The molecule has 0 aromatic carbocycles. The predicted octanol–water partition coefficient (Wildman–Crippen LogP) is 5.62. The molecular weight excluding hydrogens is 384 g/mol. The number of fused-ring (bicyclic) bond motifs is 5. The second-order valence-electron chi connectivity index (χ2n) is 12.1. The Morgan fingerprint density at radius 1 is 0.968 bits per heavy atom. The summed E-state index contributed by atoms with van der Waals surface area (Å²) >= 11 is 0. The van der Waals surface area contributed by atoms with E-state index in [0.717, 1.165) is 18.4 Å². The zero-order chi connectivity index (χ0) is 22.8. The van der Waals surface area contributed by atoms with E-state index in [1.54, 1.807) is 0 Å². The third-order valence-electron chi connectivity index (χ3n) is 10.2. The average Bonchev–Trinajstić information content (AvgIpc) is 3.03. The molecule has 0 radical (unpaired) electrons. The maximum atomic E-state index is 11.1. The number of aliphatic hydroxyl groups excluding tert-OH is 1. The Labute approximate surface area is 189 Å². The first-order valence-corrected chi connectivity index (χ1v) is 12.6. The van der Waals surface area contributed by atoms with Gasteiger partial charge in [-0.25, -0.2) is 0 Å². The number of hydrogen-bond donors (Lipinski definition) is 3. The van der Waals surface area contributed by atoms with Crippen LogP contribution in [0, 0.1) is 46.3 Å². The molecule has 0 spiro atoms. The van der Waals surface area contributed by atoms with E-state index in [-0.39, 0.29) is 17.8 Å². The van der Waals surface area contributed by atoms with Gasteiger partial charge in [0, 0.05) is 11.8 Å². The van der Waals surface area contributed by atoms with E-state index in [1.165, 1.54) is 18.4 Å². The molecule has 0 unspecified atom stereocenters. The molecule has 0 amide bonds. The van der Waals surface area contributed by atoms with Crippen molar-refractivity contribution in [2.75, 3.05) is 0 Å². The average molecular weight is 429 g/mol. The van der Waals surface area contributed by atoms with Gasteiger partial charge in [0.25, 0.3) is 0 Å². The van der Waals surface area contributed by atoms with Crippen molar-refractivity contribution in [3.05, 3.63) is 35.5 Å². The Morgan fingerprint density at radius 3 is 2.35 bits per heavy atom. The number of allylic oxidation sites excluding steroid dienone is 5. The van der Waals surface area contributed by atoms with Gasteiger partial charge in [-0.2, -0.15) is 0 Å². The molecule has 4 aliphatic rings. The fraction of sp³-hybridized carbons (Fsp3) is 0.786. The third kappa shape index (κ3) is 3.50. The minimum atomic E-state index is -1.85. The highest BCUT2D eigenvalue weighted by Crippen LogP contribution is 2.67. The number of aliphatic hydroxyl groups is 3. The lowest BCUT2D eigenvalue weighted by Gasteiger charge is -2.58. The molecule has 4 rings (SSSR count). The van der Waals surface area contributed by atoms with Gasteiger partial charge < -0.3 is 15.3 Å². The molecule has 3 heteroatoms. The van der Waals surface area contributed by atoms with Gasteiger partial charge in [-0.1, -0.05) is 77.0 Å². The first-order valence-electron chi connectivity index (χ1n) is 12.6. The van der Waals surface area contributed by atoms with Crippen LogP contribution in [0.3, 0.4) is 0 Å². The van der Waals surface area contributed by atoms with Crippen LogP contribution < -0.4 is 0 Å². The Kier molecular flexibility index (Phi) is 5.89. The predicted molar refractivity (Wildman–Crippen MR) is 126 cm³/mol. The maximum absolute atomic E-state index is 11.1. The van der Waals surface area contributed by atoms with E-state index in [9.17, 15) is 15.3 Å². The van der Waals surface area contributed by atoms with Gasteiger partial charge >= 0.3 is 0 Å². The summed E-state index contributed by atoms with van der Waals surface area (Å²) in [6.07, 6.45) is 13.8. The molecule has 0 heterocycles. The van der Waals surface area contributed by atoms with Crippen LogP contribution in [-0.4, -0.2) is 27.2 Å². The highest BCUT2D eigenvalue weighted by molar-refractivity contribution is 5.41. The van der Waals surface area contributed by atoms with Crippen LogP contribution in [0.1, 0.15) is 80.1 Å². The van der Waals surface area contributed by atoms with Crippen molar-refractivity contribution in [3.63, 3.8) is 0 Å². The first kappa shape index (κ1) is 23.3. The molecule has 0 bridgehead atoms. The minimum absolute atomic E-state index is 0.0467. The molecule has 0 aliphatic heterocycles. The van der Waals surface area contributed by atoms with Crippen molar-refractivity contribution >= 4 is 0 Å². The van der Waals surface area contributed by atoms with Crippen molar-refractivity contribution in [2.24, 2.45) is 46.3 Å². The number of hydrogen-bond acceptors (Lipinski definition) is 3. The standard InChI is InChI=1S/C28H44O3/c1-17(2)18(3)7-8-19(4)23-11-12-24-22-10-9-20-15-21(29)16-28(30,31)27(20,6)25(22)13-14-26(23,24)5/h7-10,17-19,21,23-25,29-31H,11-16H2,1-6H3/b8-7+/t18-,19+,21+,23+,24-,25-,26+,27-/m0/s1. The second-order valence-corrected chi connectivity index (χ2v) is 12.1. The van der Waals surface area contributed by atoms with Gasteiger partial charge in [0.15, 0.2) is 5.79 Å². The summed E-state index contributed by atoms with van der Waals surface area (Å²) in [6.45, 7) is 13.8. The van der Waals surface area contributed by atoms with Gasteiger partial charge in [0.1, 0.15) is 0 Å². The van der Waals surface area contributed by atoms with Gasteiger partial charge in [0.05, 0.1) is 6.10 Å². The fourth-order valence-corrected chi connectivity index (χ4v) is 7.74. The molecule has 8 atom stereocenters. The summed E-state index contributed by atoms with van der Waals surface area (Å²) in [4.78, 5) is 0. The quantitative estimate of drug-likeness (QED) is 0.402. The van der Waals surface area contributed by atoms with E-state index in [1.807, 2.05) is 6.92 Å². The van der Waals surface area contributed by atoms with Crippen LogP contribution in [0.5, 0.6) is 0 Å². The van der Waals surface area contributed by atoms with Crippen molar-refractivity contribution in [1.82, 2.24) is 0 Å². The maximum Gasteiger partial charge on any atom is 0.174 e. The molecule has 174 valence electrons. The monoisotopic (exact) mass is 428 g/mol. The van der Waals surface area contributed by atoms with Crippen molar-refractivity contribution in [1.29, 1.82) is 0 Å². The molecule has 31 heavy (non-hydrogen) atoms. The Balaban J connectivity index is 1.62. The Morgan fingerprint density at radius 2 is 1.68 bits per heavy atom. The SMILES string of the molecule is CC(C)[C@@H](C)/C=C/[C@@H](C)[C@H]1CC[C@H]2C3=CC=C4C[C@@H](O)CC(O)(O)[C@]4(C)[C@H]3CC[C@]12C. The highest BCUT2D eigenvalue weighted by Gasteiger charge is 2.62. The molecular formula is C28H44O3. The minimum Gasteiger partial charge on any atom is -0.393 e. The summed E-state index contributed by atoms with van der Waals surface area (Å²) in [7, 11) is 0. The Hall–Kier alpha value is -0.900. The topological polar surface area (TPSA) is 60.7 Å². The lowest BCUT2D eigenvalue weighted by Crippen LogP contribution is -2.59. The molecule has 3 fully saturated rings. The van der Waals surface area contributed by atoms with Crippen LogP contribution in [-0.2, 0) is 0 Å². The van der Waals surface area contributed by atoms with E-state index >= 15 is 0 Å². The largest absolute Gasteiger partial charge is 0.393 e. The zero-order valence-corrected chi connectivity index (χ0v) is 20.4. The number of rotatable bonds is 4. The van der Waals surface area contributed by atoms with E-state index < -0.39 is 17.3 Å². The fourth-order valence-electron chi connectivity index (χ4n) is 7.74. The molecule has 3 saturated carbocycles. The molecule has 3 N–H and O–H groups in total. The lowest BCUT2D eigenvalue weighted by atomic mass is 9.48. The zero-order valence-electron chi connectivity index (χ0n) is 20.4. The van der Waals surface area contributed by atoms with Gasteiger partial charge in [-0.15, -0.1) is 0 Å². The summed E-state index contributed by atoms with van der Waals surface area (Å²) in [5.74, 6) is 1.36. The van der Waals surface area contributed by atoms with Crippen molar-refractivity contribution < 1.29 is 15.3 Å². The highest BCUT2D eigenvalue weighted by atomic mass is 16.5. The van der Waals surface area contributed by atoms with Crippen molar-refractivity contribution in [3.8, 4) is 0 Å². The van der Waals surface area contributed by atoms with E-state index in [0.29, 0.717) is 36.0 Å². The smallest absolute Gasteiger partial charge is 0.174 e. The normalized spacial score (nSPS) is 43.7. The molecule has 4 aliphatic carbocycles. The van der Waals surface area contributed by atoms with Gasteiger partial charge in [-0.05, 0) is 73.0 Å². The van der Waals surface area contributed by atoms with E-state index in [4.69, 9.17) is 0 Å². The lowest BCUT2D eigenvalue weighted by molar-refractivity contribution is -0.267. The van der Waals surface area contributed by atoms with Crippen LogP contribution in [0.25, 0.3) is 0 Å². The molecule has 0 saturated heterocycles. The van der Waals surface area contributed by atoms with Crippen LogP contribution in [0.2, 0.25) is 0 Å². The summed E-state index contributed by atoms with van der Waals surface area (Å²) in [6, 6.07) is 0. The first-order chi connectivity index (χ1) is 14.4. The molecule has 3 nitrogen and oxygen atoms in total. The Bertz CT molecular complexity index is 790. The summed E-state index contributed by atoms with van der Waals surface area (Å²) in [5.41, 5.74) is 2.05.